The van der Waals surface area contributed by atoms with Gasteiger partial charge in [0.05, 0.1) is 22.4 Å². The van der Waals surface area contributed by atoms with Crippen molar-refractivity contribution in [1.82, 2.24) is 19.3 Å². The van der Waals surface area contributed by atoms with Crippen LogP contribution in [0.1, 0.15) is 18.4 Å². The van der Waals surface area contributed by atoms with Crippen molar-refractivity contribution in [3.8, 4) is 5.69 Å². The Morgan fingerprint density at radius 2 is 2.14 bits per heavy atom. The Balaban J connectivity index is 2.30. The SMILES string of the molecule is CCc1nn(C)cc1-n1c(CCCl)nc2cc(F)ccc21. The summed E-state index contributed by atoms with van der Waals surface area (Å²) in [6.45, 7) is 2.06. The highest BCUT2D eigenvalue weighted by Crippen LogP contribution is 2.25. The van der Waals surface area contributed by atoms with Crippen LogP contribution in [-0.2, 0) is 19.9 Å². The van der Waals surface area contributed by atoms with Crippen molar-refractivity contribution in [3.05, 3.63) is 41.7 Å². The molecule has 0 atom stereocenters. The Morgan fingerprint density at radius 1 is 1.33 bits per heavy atom. The summed E-state index contributed by atoms with van der Waals surface area (Å²) in [5, 5.41) is 4.47. The van der Waals surface area contributed by atoms with Gasteiger partial charge in [0.2, 0.25) is 0 Å². The molecule has 6 heteroatoms. The minimum Gasteiger partial charge on any atom is -0.293 e. The number of hydrogen-bond acceptors (Lipinski definition) is 2. The van der Waals surface area contributed by atoms with Crippen LogP contribution in [0.2, 0.25) is 0 Å². The number of imidazole rings is 1. The second-order valence-electron chi connectivity index (χ2n) is 4.92. The van der Waals surface area contributed by atoms with Crippen LogP contribution >= 0.6 is 11.6 Å². The zero-order valence-corrected chi connectivity index (χ0v) is 12.7. The second-order valence-corrected chi connectivity index (χ2v) is 5.30. The first-order valence-corrected chi connectivity index (χ1v) is 7.43. The number of rotatable bonds is 4. The molecular weight excluding hydrogens is 291 g/mol. The minimum atomic E-state index is -0.286. The summed E-state index contributed by atoms with van der Waals surface area (Å²) in [7, 11) is 1.89. The van der Waals surface area contributed by atoms with Gasteiger partial charge in [0.25, 0.3) is 0 Å². The highest BCUT2D eigenvalue weighted by molar-refractivity contribution is 6.17. The molecule has 0 aliphatic carbocycles. The maximum Gasteiger partial charge on any atom is 0.125 e. The molecule has 0 unspecified atom stereocenters. The number of fused-ring (bicyclic) bond motifs is 1. The zero-order valence-electron chi connectivity index (χ0n) is 12.0. The van der Waals surface area contributed by atoms with Gasteiger partial charge in [-0.25, -0.2) is 9.37 Å². The van der Waals surface area contributed by atoms with Gasteiger partial charge in [-0.2, -0.15) is 5.10 Å². The molecule has 21 heavy (non-hydrogen) atoms. The standard InChI is InChI=1S/C15H16ClFN4/c1-3-11-14(9-20(2)19-11)21-13-5-4-10(17)8-12(13)18-15(21)6-7-16/h4-5,8-9H,3,6-7H2,1-2H3. The fourth-order valence-electron chi connectivity index (χ4n) is 2.58. The van der Waals surface area contributed by atoms with Gasteiger partial charge in [-0.05, 0) is 18.6 Å². The van der Waals surface area contributed by atoms with Crippen LogP contribution in [-0.4, -0.2) is 25.2 Å². The van der Waals surface area contributed by atoms with Crippen molar-refractivity contribution < 1.29 is 4.39 Å². The number of alkyl halides is 1. The molecule has 2 heterocycles. The summed E-state index contributed by atoms with van der Waals surface area (Å²) in [6, 6.07) is 4.65. The number of aromatic nitrogens is 4. The predicted octanol–water partition coefficient (Wildman–Crippen LogP) is 3.24. The number of halogens is 2. The zero-order chi connectivity index (χ0) is 15.0. The van der Waals surface area contributed by atoms with Gasteiger partial charge in [0.1, 0.15) is 11.6 Å². The first-order valence-electron chi connectivity index (χ1n) is 6.89. The normalized spacial score (nSPS) is 11.4. The van der Waals surface area contributed by atoms with Gasteiger partial charge in [-0.3, -0.25) is 9.25 Å². The van der Waals surface area contributed by atoms with Gasteiger partial charge in [-0.15, -0.1) is 11.6 Å². The summed E-state index contributed by atoms with van der Waals surface area (Å²) in [5.41, 5.74) is 3.48. The smallest absolute Gasteiger partial charge is 0.125 e. The van der Waals surface area contributed by atoms with Crippen molar-refractivity contribution >= 4 is 22.6 Å². The number of aryl methyl sites for hydroxylation is 3. The second kappa shape index (κ2) is 5.48. The molecule has 0 fully saturated rings. The van der Waals surface area contributed by atoms with E-state index in [9.17, 15) is 4.39 Å². The maximum atomic E-state index is 13.4. The Hall–Kier alpha value is -1.88. The quantitative estimate of drug-likeness (QED) is 0.694. The van der Waals surface area contributed by atoms with Gasteiger partial charge in [0.15, 0.2) is 0 Å². The van der Waals surface area contributed by atoms with E-state index in [0.717, 1.165) is 29.1 Å². The van der Waals surface area contributed by atoms with Crippen molar-refractivity contribution in [1.29, 1.82) is 0 Å². The van der Waals surface area contributed by atoms with Crippen molar-refractivity contribution in [2.45, 2.75) is 19.8 Å². The Kier molecular flexibility index (Phi) is 3.68. The van der Waals surface area contributed by atoms with Gasteiger partial charge < -0.3 is 0 Å². The lowest BCUT2D eigenvalue weighted by atomic mass is 10.2. The molecule has 0 spiro atoms. The van der Waals surface area contributed by atoms with E-state index < -0.39 is 0 Å². The summed E-state index contributed by atoms with van der Waals surface area (Å²) >= 11 is 5.88. The molecule has 3 aromatic rings. The molecule has 0 radical (unpaired) electrons. The first kappa shape index (κ1) is 14.1. The Labute approximate surface area is 127 Å². The lowest BCUT2D eigenvalue weighted by Gasteiger charge is -2.07. The predicted molar refractivity (Wildman–Crippen MR) is 81.6 cm³/mol. The molecule has 2 aromatic heterocycles. The van der Waals surface area contributed by atoms with Crippen LogP contribution in [0.15, 0.2) is 24.4 Å². The molecule has 0 aliphatic rings. The number of nitrogens with zero attached hydrogens (tertiary/aromatic N) is 4. The van der Waals surface area contributed by atoms with E-state index in [0.29, 0.717) is 17.8 Å². The van der Waals surface area contributed by atoms with Crippen LogP contribution in [0.3, 0.4) is 0 Å². The van der Waals surface area contributed by atoms with Crippen molar-refractivity contribution in [2.75, 3.05) is 5.88 Å². The Bertz CT molecular complexity index is 790. The van der Waals surface area contributed by atoms with Crippen molar-refractivity contribution in [2.24, 2.45) is 7.05 Å². The van der Waals surface area contributed by atoms with E-state index >= 15 is 0 Å². The molecule has 0 saturated heterocycles. The van der Waals surface area contributed by atoms with Crippen molar-refractivity contribution in [3.63, 3.8) is 0 Å². The van der Waals surface area contributed by atoms with Crippen LogP contribution < -0.4 is 0 Å². The minimum absolute atomic E-state index is 0.286. The third-order valence-electron chi connectivity index (χ3n) is 3.46. The van der Waals surface area contributed by atoms with E-state index in [2.05, 4.69) is 17.0 Å². The fraction of sp³-hybridized carbons (Fsp3) is 0.333. The highest BCUT2D eigenvalue weighted by atomic mass is 35.5. The third-order valence-corrected chi connectivity index (χ3v) is 3.65. The van der Waals surface area contributed by atoms with E-state index in [-0.39, 0.29) is 5.82 Å². The largest absolute Gasteiger partial charge is 0.293 e. The average Bonchev–Trinajstić information content (AvgIpc) is 2.98. The molecular formula is C15H16ClFN4. The van der Waals surface area contributed by atoms with Gasteiger partial charge >= 0.3 is 0 Å². The molecule has 0 aliphatic heterocycles. The molecule has 0 bridgehead atoms. The highest BCUT2D eigenvalue weighted by Gasteiger charge is 2.17. The Morgan fingerprint density at radius 3 is 2.86 bits per heavy atom. The first-order chi connectivity index (χ1) is 10.1. The van der Waals surface area contributed by atoms with Gasteiger partial charge in [0, 0.05) is 31.6 Å². The summed E-state index contributed by atoms with van der Waals surface area (Å²) in [4.78, 5) is 4.53. The molecule has 0 amide bonds. The molecule has 3 rings (SSSR count). The van der Waals surface area contributed by atoms with E-state index in [1.165, 1.54) is 12.1 Å². The molecule has 0 saturated carbocycles. The van der Waals surface area contributed by atoms with E-state index in [1.807, 2.05) is 17.8 Å². The monoisotopic (exact) mass is 306 g/mol. The molecule has 1 aromatic carbocycles. The van der Waals surface area contributed by atoms with Crippen LogP contribution in [0.25, 0.3) is 16.7 Å². The number of hydrogen-bond donors (Lipinski definition) is 0. The van der Waals surface area contributed by atoms with Gasteiger partial charge in [-0.1, -0.05) is 6.92 Å². The lowest BCUT2D eigenvalue weighted by Crippen LogP contribution is -2.03. The average molecular weight is 307 g/mol. The van der Waals surface area contributed by atoms with Crippen LogP contribution in [0, 0.1) is 5.82 Å². The topological polar surface area (TPSA) is 35.6 Å². The molecule has 110 valence electrons. The molecule has 0 N–H and O–H groups in total. The molecule has 4 nitrogen and oxygen atoms in total. The van der Waals surface area contributed by atoms with Crippen LogP contribution in [0.5, 0.6) is 0 Å². The lowest BCUT2D eigenvalue weighted by molar-refractivity contribution is 0.629. The number of benzene rings is 1. The van der Waals surface area contributed by atoms with E-state index in [4.69, 9.17) is 11.6 Å². The summed E-state index contributed by atoms with van der Waals surface area (Å²) < 4.78 is 17.2. The fourth-order valence-corrected chi connectivity index (χ4v) is 2.75. The summed E-state index contributed by atoms with van der Waals surface area (Å²) in [5.74, 6) is 1.01. The maximum absolute atomic E-state index is 13.4. The third kappa shape index (κ3) is 2.42. The summed E-state index contributed by atoms with van der Waals surface area (Å²) in [6.07, 6.45) is 3.40. The van der Waals surface area contributed by atoms with E-state index in [1.54, 1.807) is 10.7 Å². The van der Waals surface area contributed by atoms with Crippen LogP contribution in [0.4, 0.5) is 4.39 Å².